The number of piperidine rings is 1. The quantitative estimate of drug-likeness (QED) is 0.369. The molecule has 0 spiro atoms. The number of aryl methyl sites for hydroxylation is 1. The van der Waals surface area contributed by atoms with E-state index in [1.807, 2.05) is 25.1 Å². The monoisotopic (exact) mass is 501 g/mol. The van der Waals surface area contributed by atoms with E-state index in [1.54, 1.807) is 19.1 Å². The van der Waals surface area contributed by atoms with Gasteiger partial charge in [-0.15, -0.1) is 0 Å². The van der Waals surface area contributed by atoms with Gasteiger partial charge in [-0.05, 0) is 56.5 Å². The van der Waals surface area contributed by atoms with Crippen LogP contribution in [-0.4, -0.2) is 55.7 Å². The van der Waals surface area contributed by atoms with Crippen molar-refractivity contribution in [3.05, 3.63) is 53.6 Å². The van der Waals surface area contributed by atoms with Crippen molar-refractivity contribution < 1.29 is 22.7 Å². The molecular weight excluding hydrogens is 474 g/mol. The average molecular weight is 502 g/mol. The number of carbonyl (C=O) groups is 2. The van der Waals surface area contributed by atoms with E-state index in [1.165, 1.54) is 27.8 Å². The largest absolute Gasteiger partial charge is 0.466 e. The van der Waals surface area contributed by atoms with Crippen LogP contribution in [0.3, 0.4) is 0 Å². The molecule has 0 atom stereocenters. The van der Waals surface area contributed by atoms with Gasteiger partial charge in [-0.2, -0.15) is 4.31 Å². The van der Waals surface area contributed by atoms with Gasteiger partial charge < -0.3 is 10.1 Å². The number of thiazole rings is 1. The van der Waals surface area contributed by atoms with Crippen LogP contribution in [0.2, 0.25) is 0 Å². The number of benzene rings is 2. The number of fused-ring (bicyclic) bond motifs is 1. The van der Waals surface area contributed by atoms with E-state index in [0.29, 0.717) is 30.1 Å². The van der Waals surface area contributed by atoms with E-state index in [-0.39, 0.29) is 42.2 Å². The van der Waals surface area contributed by atoms with Gasteiger partial charge in [-0.3, -0.25) is 9.59 Å². The predicted octanol–water partition coefficient (Wildman–Crippen LogP) is 3.86. The molecule has 0 bridgehead atoms. The Balaban J connectivity index is 1.41. The molecule has 4 rings (SSSR count). The van der Waals surface area contributed by atoms with Crippen molar-refractivity contribution in [3.63, 3.8) is 0 Å². The van der Waals surface area contributed by atoms with Crippen molar-refractivity contribution in [1.82, 2.24) is 9.29 Å². The van der Waals surface area contributed by atoms with Gasteiger partial charge in [0.25, 0.3) is 0 Å². The lowest BCUT2D eigenvalue weighted by Gasteiger charge is -2.30. The van der Waals surface area contributed by atoms with Crippen LogP contribution in [0.1, 0.15) is 35.7 Å². The molecule has 8 nitrogen and oxygen atoms in total. The summed E-state index contributed by atoms with van der Waals surface area (Å²) in [7, 11) is -3.77. The maximum absolute atomic E-state index is 13.1. The number of anilines is 1. The molecule has 1 aromatic heterocycles. The SMILES string of the molecule is CCOC(=O)C1CCN(S(=O)(=O)c2cccc(C(=O)CNc3nc4ccc(C)cc4s3)c2)CC1. The van der Waals surface area contributed by atoms with E-state index < -0.39 is 10.0 Å². The Morgan fingerprint density at radius 1 is 1.18 bits per heavy atom. The highest BCUT2D eigenvalue weighted by Crippen LogP contribution is 2.27. The lowest BCUT2D eigenvalue weighted by atomic mass is 9.98. The Morgan fingerprint density at radius 2 is 1.94 bits per heavy atom. The van der Waals surface area contributed by atoms with E-state index in [0.717, 1.165) is 15.8 Å². The van der Waals surface area contributed by atoms with Gasteiger partial charge in [0.2, 0.25) is 10.0 Å². The maximum Gasteiger partial charge on any atom is 0.309 e. The standard InChI is InChI=1S/C24H27N3O5S2/c1-3-32-23(29)17-9-11-27(12-10-17)34(30,31)19-6-4-5-18(14-19)21(28)15-25-24-26-20-8-7-16(2)13-22(20)33-24/h4-8,13-14,17H,3,9-12,15H2,1-2H3,(H,25,26). The van der Waals surface area contributed by atoms with Gasteiger partial charge in [0.1, 0.15) is 0 Å². The van der Waals surface area contributed by atoms with Crippen molar-refractivity contribution in [3.8, 4) is 0 Å². The molecule has 1 aliphatic heterocycles. The number of hydrogen-bond donors (Lipinski definition) is 1. The zero-order chi connectivity index (χ0) is 24.3. The molecule has 2 heterocycles. The Bertz CT molecular complexity index is 1310. The number of esters is 1. The minimum Gasteiger partial charge on any atom is -0.466 e. The highest BCUT2D eigenvalue weighted by Gasteiger charge is 2.33. The van der Waals surface area contributed by atoms with Gasteiger partial charge in [0, 0.05) is 18.7 Å². The van der Waals surface area contributed by atoms with Gasteiger partial charge in [-0.1, -0.05) is 29.5 Å². The lowest BCUT2D eigenvalue weighted by molar-refractivity contribution is -0.149. The first-order valence-electron chi connectivity index (χ1n) is 11.2. The molecule has 0 amide bonds. The number of rotatable bonds is 8. The van der Waals surface area contributed by atoms with Gasteiger partial charge in [0.05, 0.1) is 34.2 Å². The number of ether oxygens (including phenoxy) is 1. The molecule has 3 aromatic rings. The Morgan fingerprint density at radius 3 is 2.68 bits per heavy atom. The number of nitrogens with zero attached hydrogens (tertiary/aromatic N) is 2. The number of hydrogen-bond acceptors (Lipinski definition) is 8. The molecule has 34 heavy (non-hydrogen) atoms. The fourth-order valence-corrected chi connectivity index (χ4v) is 6.41. The molecule has 1 fully saturated rings. The zero-order valence-electron chi connectivity index (χ0n) is 19.1. The van der Waals surface area contributed by atoms with Crippen LogP contribution in [0.15, 0.2) is 47.4 Å². The third-order valence-electron chi connectivity index (χ3n) is 5.81. The third kappa shape index (κ3) is 5.29. The van der Waals surface area contributed by atoms with Crippen LogP contribution in [0.25, 0.3) is 10.2 Å². The van der Waals surface area contributed by atoms with Gasteiger partial charge in [0.15, 0.2) is 10.9 Å². The molecule has 0 radical (unpaired) electrons. The molecule has 180 valence electrons. The van der Waals surface area contributed by atoms with E-state index in [9.17, 15) is 18.0 Å². The van der Waals surface area contributed by atoms with E-state index in [2.05, 4.69) is 10.3 Å². The second-order valence-corrected chi connectivity index (χ2v) is 11.2. The molecule has 0 aliphatic carbocycles. The summed E-state index contributed by atoms with van der Waals surface area (Å²) in [6.07, 6.45) is 0.838. The fraction of sp³-hybridized carbons (Fsp3) is 0.375. The average Bonchev–Trinajstić information content (AvgIpc) is 3.25. The maximum atomic E-state index is 13.1. The smallest absolute Gasteiger partial charge is 0.309 e. The van der Waals surface area contributed by atoms with Crippen LogP contribution in [-0.2, 0) is 19.6 Å². The van der Waals surface area contributed by atoms with Crippen molar-refractivity contribution in [1.29, 1.82) is 0 Å². The summed E-state index contributed by atoms with van der Waals surface area (Å²) in [6, 6.07) is 12.1. The van der Waals surface area contributed by atoms with Crippen molar-refractivity contribution in [2.24, 2.45) is 5.92 Å². The Kier molecular flexibility index (Phi) is 7.30. The second kappa shape index (κ2) is 10.2. The van der Waals surface area contributed by atoms with Crippen molar-refractivity contribution in [2.75, 3.05) is 31.6 Å². The highest BCUT2D eigenvalue weighted by molar-refractivity contribution is 7.89. The van der Waals surface area contributed by atoms with Crippen molar-refractivity contribution in [2.45, 2.75) is 31.6 Å². The Hall–Kier alpha value is -2.82. The molecule has 1 saturated heterocycles. The minimum absolute atomic E-state index is 0.00718. The summed E-state index contributed by atoms with van der Waals surface area (Å²) in [4.78, 5) is 29.3. The fourth-order valence-electron chi connectivity index (χ4n) is 3.94. The number of aromatic nitrogens is 1. The lowest BCUT2D eigenvalue weighted by Crippen LogP contribution is -2.40. The molecular formula is C24H27N3O5S2. The minimum atomic E-state index is -3.77. The number of carbonyl (C=O) groups excluding carboxylic acids is 2. The molecule has 10 heteroatoms. The van der Waals surface area contributed by atoms with Crippen LogP contribution in [0, 0.1) is 12.8 Å². The summed E-state index contributed by atoms with van der Waals surface area (Å²) in [5.41, 5.74) is 2.32. The van der Waals surface area contributed by atoms with Crippen LogP contribution in [0.4, 0.5) is 5.13 Å². The second-order valence-electron chi connectivity index (χ2n) is 8.23. The normalized spacial score (nSPS) is 15.4. The van der Waals surface area contributed by atoms with Crippen LogP contribution >= 0.6 is 11.3 Å². The van der Waals surface area contributed by atoms with Gasteiger partial charge in [-0.25, -0.2) is 13.4 Å². The Labute approximate surface area is 203 Å². The first-order valence-corrected chi connectivity index (χ1v) is 13.4. The van der Waals surface area contributed by atoms with Crippen LogP contribution < -0.4 is 5.32 Å². The summed E-state index contributed by atoms with van der Waals surface area (Å²) in [5, 5.41) is 3.69. The first-order chi connectivity index (χ1) is 16.3. The topological polar surface area (TPSA) is 106 Å². The predicted molar refractivity (Wildman–Crippen MR) is 132 cm³/mol. The highest BCUT2D eigenvalue weighted by atomic mass is 32.2. The summed E-state index contributed by atoms with van der Waals surface area (Å²) in [6.45, 7) is 4.56. The van der Waals surface area contributed by atoms with Crippen LogP contribution in [0.5, 0.6) is 0 Å². The van der Waals surface area contributed by atoms with E-state index >= 15 is 0 Å². The molecule has 1 aliphatic rings. The molecule has 0 saturated carbocycles. The first kappa shape index (κ1) is 24.3. The number of nitrogens with one attached hydrogen (secondary N) is 1. The molecule has 0 unspecified atom stereocenters. The number of ketones is 1. The number of Topliss-reactive ketones (excluding diaryl/α,β-unsaturated/α-hetero) is 1. The molecule has 2 aromatic carbocycles. The number of sulfonamides is 1. The third-order valence-corrected chi connectivity index (χ3v) is 8.68. The summed E-state index contributed by atoms with van der Waals surface area (Å²) >= 11 is 1.47. The molecule has 1 N–H and O–H groups in total. The summed E-state index contributed by atoms with van der Waals surface area (Å²) in [5.74, 6) is -0.784. The zero-order valence-corrected chi connectivity index (χ0v) is 20.7. The summed E-state index contributed by atoms with van der Waals surface area (Å²) < 4.78 is 33.7. The van der Waals surface area contributed by atoms with Gasteiger partial charge >= 0.3 is 5.97 Å². The van der Waals surface area contributed by atoms with Crippen molar-refractivity contribution >= 4 is 48.5 Å². The van der Waals surface area contributed by atoms with E-state index in [4.69, 9.17) is 4.74 Å².